The number of aromatic amines is 1. The van der Waals surface area contributed by atoms with Crippen molar-refractivity contribution in [2.24, 2.45) is 0 Å². The van der Waals surface area contributed by atoms with Crippen molar-refractivity contribution in [1.29, 1.82) is 0 Å². The Morgan fingerprint density at radius 2 is 1.89 bits per heavy atom. The van der Waals surface area contributed by atoms with E-state index in [1.165, 1.54) is 0 Å². The van der Waals surface area contributed by atoms with E-state index in [4.69, 9.17) is 0 Å². The molecule has 5 N–H and O–H groups in total. The monoisotopic (exact) mass is 381 g/mol. The number of benzene rings is 2. The zero-order valence-corrected chi connectivity index (χ0v) is 15.5. The van der Waals surface area contributed by atoms with Crippen LogP contribution in [0.5, 0.6) is 0 Å². The van der Waals surface area contributed by atoms with Crippen LogP contribution in [0.25, 0.3) is 11.0 Å². The molecule has 0 spiro atoms. The molecule has 3 aromatic rings. The molecule has 146 valence electrons. The Bertz CT molecular complexity index is 1040. The second-order valence-corrected chi connectivity index (χ2v) is 6.82. The van der Waals surface area contributed by atoms with Crippen molar-refractivity contribution in [2.75, 3.05) is 7.05 Å². The van der Waals surface area contributed by atoms with Crippen molar-refractivity contribution in [1.82, 2.24) is 36.4 Å². The van der Waals surface area contributed by atoms with Gasteiger partial charge in [-0.25, -0.2) is 15.6 Å². The van der Waals surface area contributed by atoms with E-state index in [1.54, 1.807) is 16.5 Å². The molecule has 4 rings (SSSR count). The summed E-state index contributed by atoms with van der Waals surface area (Å²) in [7, 11) is 1.78. The Morgan fingerprint density at radius 1 is 1.11 bits per heavy atom. The molecule has 0 saturated carbocycles. The van der Waals surface area contributed by atoms with Crippen molar-refractivity contribution in [3.8, 4) is 0 Å². The number of imidazole rings is 1. The number of fused-ring (bicyclic) bond motifs is 1. The number of H-pyrrole nitrogens is 1. The lowest BCUT2D eigenvalue weighted by Crippen LogP contribution is -2.33. The highest BCUT2D eigenvalue weighted by Crippen LogP contribution is 2.15. The molecule has 0 aliphatic carbocycles. The molecule has 0 atom stereocenters. The minimum atomic E-state index is -0.192. The number of hydrazine groups is 3. The van der Waals surface area contributed by atoms with Gasteiger partial charge in [-0.15, -0.1) is 0 Å². The lowest BCUT2D eigenvalue weighted by atomic mass is 10.1. The number of nitrogens with one attached hydrogen (secondary N) is 5. The normalized spacial score (nSPS) is 14.6. The average Bonchev–Trinajstić information content (AvgIpc) is 3.34. The predicted octanol–water partition coefficient (Wildman–Crippen LogP) is 0.494. The fraction of sp³-hybridized carbons (Fsp3) is 0.263. The van der Waals surface area contributed by atoms with Crippen LogP contribution in [0.2, 0.25) is 0 Å². The first kappa shape index (κ1) is 18.4. The third kappa shape index (κ3) is 3.82. The molecule has 0 bridgehead atoms. The summed E-state index contributed by atoms with van der Waals surface area (Å²) in [5.74, 6) is -0.0111. The van der Waals surface area contributed by atoms with Crippen LogP contribution in [0.4, 0.5) is 0 Å². The van der Waals surface area contributed by atoms with Gasteiger partial charge in [-0.05, 0) is 23.3 Å². The van der Waals surface area contributed by atoms with Gasteiger partial charge in [0, 0.05) is 26.6 Å². The lowest BCUT2D eigenvalue weighted by Gasteiger charge is -2.18. The maximum absolute atomic E-state index is 12.6. The molecule has 9 nitrogen and oxygen atoms in total. The maximum atomic E-state index is 12.6. The Balaban J connectivity index is 1.39. The smallest absolute Gasteiger partial charge is 0.326 e. The summed E-state index contributed by atoms with van der Waals surface area (Å²) in [4.78, 5) is 29.2. The SMILES string of the molecule is CN(Cc1cccc(C2NNNN2)c1)C(=O)CCn1c(=O)[nH]c2ccccc21. The van der Waals surface area contributed by atoms with Crippen molar-refractivity contribution < 1.29 is 4.79 Å². The standard InChI is InChI=1S/C19H23N7O2/c1-25(12-13-5-4-6-14(11-13)18-21-23-24-22-18)17(27)9-10-26-16-8-3-2-7-15(16)20-19(26)28/h2-8,11,18,21-24H,9-10,12H2,1H3,(H,20,28). The minimum Gasteiger partial charge on any atom is -0.341 e. The van der Waals surface area contributed by atoms with E-state index in [0.717, 1.165) is 22.2 Å². The number of carbonyl (C=O) groups excluding carboxylic acids is 1. The molecular formula is C19H23N7O2. The fourth-order valence-corrected chi connectivity index (χ4v) is 3.38. The first-order chi connectivity index (χ1) is 13.6. The van der Waals surface area contributed by atoms with Crippen molar-refractivity contribution >= 4 is 16.9 Å². The summed E-state index contributed by atoms with van der Waals surface area (Å²) in [6.07, 6.45) is 0.215. The van der Waals surface area contributed by atoms with E-state index in [1.807, 2.05) is 48.5 Å². The molecule has 1 aliphatic heterocycles. The molecule has 1 amide bonds. The van der Waals surface area contributed by atoms with E-state index < -0.39 is 0 Å². The molecule has 2 heterocycles. The number of aromatic nitrogens is 2. The Kier molecular flexibility index (Phi) is 5.22. The molecule has 1 aliphatic rings. The van der Waals surface area contributed by atoms with E-state index >= 15 is 0 Å². The third-order valence-electron chi connectivity index (χ3n) is 4.86. The van der Waals surface area contributed by atoms with Crippen LogP contribution >= 0.6 is 0 Å². The Morgan fingerprint density at radius 3 is 2.71 bits per heavy atom. The minimum absolute atomic E-state index is 0.0111. The van der Waals surface area contributed by atoms with Gasteiger partial charge in [0.25, 0.3) is 0 Å². The van der Waals surface area contributed by atoms with Gasteiger partial charge < -0.3 is 9.88 Å². The number of para-hydroxylation sites is 2. The summed E-state index contributed by atoms with van der Waals surface area (Å²) >= 11 is 0. The van der Waals surface area contributed by atoms with Crippen LogP contribution in [0.1, 0.15) is 23.7 Å². The molecular weight excluding hydrogens is 358 g/mol. The molecule has 1 saturated heterocycles. The summed E-state index contributed by atoms with van der Waals surface area (Å²) < 4.78 is 1.61. The molecule has 0 radical (unpaired) electrons. The summed E-state index contributed by atoms with van der Waals surface area (Å²) in [5.41, 5.74) is 15.2. The molecule has 28 heavy (non-hydrogen) atoms. The Hall–Kier alpha value is -2.98. The van der Waals surface area contributed by atoms with Gasteiger partial charge >= 0.3 is 5.69 Å². The second-order valence-electron chi connectivity index (χ2n) is 6.82. The Labute approximate surface area is 161 Å². The van der Waals surface area contributed by atoms with Crippen molar-refractivity contribution in [3.05, 3.63) is 70.1 Å². The van der Waals surface area contributed by atoms with Gasteiger partial charge in [-0.2, -0.15) is 11.1 Å². The van der Waals surface area contributed by atoms with Crippen LogP contribution in [0.3, 0.4) is 0 Å². The quantitative estimate of drug-likeness (QED) is 0.426. The molecule has 2 aromatic carbocycles. The lowest BCUT2D eigenvalue weighted by molar-refractivity contribution is -0.130. The molecule has 1 aromatic heterocycles. The van der Waals surface area contributed by atoms with Gasteiger partial charge in [-0.1, -0.05) is 36.4 Å². The van der Waals surface area contributed by atoms with Gasteiger partial charge in [0.05, 0.1) is 11.0 Å². The molecule has 1 fully saturated rings. The summed E-state index contributed by atoms with van der Waals surface area (Å²) in [6, 6.07) is 15.5. The number of nitrogens with zero attached hydrogens (tertiary/aromatic N) is 2. The average molecular weight is 381 g/mol. The third-order valence-corrected chi connectivity index (χ3v) is 4.86. The van der Waals surface area contributed by atoms with Crippen LogP contribution < -0.4 is 27.6 Å². The van der Waals surface area contributed by atoms with E-state index in [9.17, 15) is 9.59 Å². The summed E-state index contributed by atoms with van der Waals surface area (Å²) in [6.45, 7) is 0.850. The first-order valence-electron chi connectivity index (χ1n) is 9.13. The number of rotatable bonds is 6. The number of aryl methyl sites for hydroxylation is 1. The van der Waals surface area contributed by atoms with Gasteiger partial charge in [0.1, 0.15) is 6.17 Å². The van der Waals surface area contributed by atoms with Gasteiger partial charge in [0.2, 0.25) is 5.91 Å². The molecule has 9 heteroatoms. The highest BCUT2D eigenvalue weighted by molar-refractivity contribution is 5.77. The largest absolute Gasteiger partial charge is 0.341 e. The second kappa shape index (κ2) is 7.95. The van der Waals surface area contributed by atoms with Gasteiger partial charge in [0.15, 0.2) is 0 Å². The number of hydrogen-bond donors (Lipinski definition) is 5. The number of hydrogen-bond acceptors (Lipinski definition) is 6. The van der Waals surface area contributed by atoms with Crippen LogP contribution in [-0.2, 0) is 17.9 Å². The zero-order chi connectivity index (χ0) is 19.5. The van der Waals surface area contributed by atoms with E-state index in [2.05, 4.69) is 26.9 Å². The van der Waals surface area contributed by atoms with Crippen LogP contribution in [0, 0.1) is 0 Å². The van der Waals surface area contributed by atoms with Crippen molar-refractivity contribution in [2.45, 2.75) is 25.7 Å². The van der Waals surface area contributed by atoms with E-state index in [-0.39, 0.29) is 24.2 Å². The predicted molar refractivity (Wildman–Crippen MR) is 105 cm³/mol. The summed E-state index contributed by atoms with van der Waals surface area (Å²) in [5, 5.41) is 0. The highest BCUT2D eigenvalue weighted by atomic mass is 16.2. The number of carbonyl (C=O) groups is 1. The zero-order valence-electron chi connectivity index (χ0n) is 15.5. The number of amides is 1. The topological polar surface area (TPSA) is 106 Å². The maximum Gasteiger partial charge on any atom is 0.326 e. The van der Waals surface area contributed by atoms with E-state index in [0.29, 0.717) is 13.1 Å². The fourth-order valence-electron chi connectivity index (χ4n) is 3.38. The van der Waals surface area contributed by atoms with Crippen LogP contribution in [0.15, 0.2) is 53.3 Å². The first-order valence-corrected chi connectivity index (χ1v) is 9.13. The van der Waals surface area contributed by atoms with Crippen molar-refractivity contribution in [3.63, 3.8) is 0 Å². The molecule has 0 unspecified atom stereocenters. The highest BCUT2D eigenvalue weighted by Gasteiger charge is 2.16. The van der Waals surface area contributed by atoms with Crippen LogP contribution in [-0.4, -0.2) is 27.4 Å². The van der Waals surface area contributed by atoms with Gasteiger partial charge in [-0.3, -0.25) is 9.36 Å².